The summed E-state index contributed by atoms with van der Waals surface area (Å²) < 4.78 is 26.8. The van der Waals surface area contributed by atoms with Crippen LogP contribution in [-0.4, -0.2) is 24.4 Å². The molecule has 0 saturated heterocycles. The summed E-state index contributed by atoms with van der Waals surface area (Å²) in [7, 11) is 0. The molecule has 0 atom stereocenters. The first-order chi connectivity index (χ1) is 8.10. The first-order valence-corrected chi connectivity index (χ1v) is 4.63. The van der Waals surface area contributed by atoms with Crippen molar-refractivity contribution in [2.24, 2.45) is 9.98 Å². The van der Waals surface area contributed by atoms with Crippen LogP contribution in [0.1, 0.15) is 5.56 Å². The monoisotopic (exact) mass is 239 g/mol. The Bertz CT molecular complexity index is 452. The van der Waals surface area contributed by atoms with Gasteiger partial charge in [-0.2, -0.15) is 0 Å². The fraction of sp³-hybridized carbons (Fsp3) is 0.0909. The molecule has 1 rings (SSSR count). The van der Waals surface area contributed by atoms with Gasteiger partial charge in [-0.05, 0) is 18.9 Å². The second-order valence-corrected chi connectivity index (χ2v) is 2.97. The van der Waals surface area contributed by atoms with E-state index in [1.54, 1.807) is 0 Å². The molecule has 0 fully saturated rings. The highest BCUT2D eigenvalue weighted by Crippen LogP contribution is 2.14. The summed E-state index contributed by atoms with van der Waals surface area (Å²) in [5.41, 5.74) is -0.386. The predicted molar refractivity (Wildman–Crippen MR) is 61.8 cm³/mol. The number of rotatable bonds is 4. The third kappa shape index (κ3) is 3.18. The van der Waals surface area contributed by atoms with Crippen LogP contribution >= 0.6 is 0 Å². The van der Waals surface area contributed by atoms with Gasteiger partial charge in [-0.25, -0.2) is 18.8 Å². The summed E-state index contributed by atoms with van der Waals surface area (Å²) in [4.78, 5) is 7.16. The average molecular weight is 239 g/mol. The number of amidine groups is 1. The maximum absolute atomic E-state index is 13.4. The van der Waals surface area contributed by atoms with Crippen molar-refractivity contribution < 1.29 is 13.9 Å². The number of aliphatic hydroxyl groups is 1. The average Bonchev–Trinajstić information content (AvgIpc) is 2.27. The first-order valence-electron chi connectivity index (χ1n) is 4.63. The molecule has 0 aliphatic carbocycles. The van der Waals surface area contributed by atoms with E-state index in [0.29, 0.717) is 0 Å². The normalized spacial score (nSPS) is 11.1. The van der Waals surface area contributed by atoms with Crippen molar-refractivity contribution in [1.29, 1.82) is 0 Å². The molecule has 0 aromatic heterocycles. The Hall–Kier alpha value is -2.08. The number of aliphatic imine (C=N–C) groups is 2. The van der Waals surface area contributed by atoms with Crippen LogP contribution in [0.2, 0.25) is 0 Å². The van der Waals surface area contributed by atoms with Crippen LogP contribution < -0.4 is 5.32 Å². The lowest BCUT2D eigenvalue weighted by Crippen LogP contribution is -2.14. The minimum absolute atomic E-state index is 0.0255. The Morgan fingerprint density at radius 2 is 1.94 bits per heavy atom. The Morgan fingerprint density at radius 1 is 1.35 bits per heavy atom. The number of hydrogen-bond acceptors (Lipinski definition) is 3. The second-order valence-electron chi connectivity index (χ2n) is 2.97. The van der Waals surface area contributed by atoms with Gasteiger partial charge in [0, 0.05) is 0 Å². The Morgan fingerprint density at radius 3 is 2.41 bits per heavy atom. The minimum atomic E-state index is -0.798. The van der Waals surface area contributed by atoms with Crippen LogP contribution in [0.4, 0.5) is 8.78 Å². The molecule has 0 heterocycles. The summed E-state index contributed by atoms with van der Waals surface area (Å²) in [5.74, 6) is -1.81. The van der Waals surface area contributed by atoms with Gasteiger partial charge in [-0.3, -0.25) is 0 Å². The third-order valence-corrected chi connectivity index (χ3v) is 1.86. The summed E-state index contributed by atoms with van der Waals surface area (Å²) in [5, 5.41) is 10.9. The first kappa shape index (κ1) is 13.0. The number of aliphatic hydroxyl groups excluding tert-OH is 1. The molecule has 90 valence electrons. The molecule has 0 radical (unpaired) electrons. The lowest BCUT2D eigenvalue weighted by molar-refractivity contribution is 0.274. The van der Waals surface area contributed by atoms with Gasteiger partial charge in [0.15, 0.2) is 5.84 Å². The second kappa shape index (κ2) is 5.86. The van der Waals surface area contributed by atoms with Crippen LogP contribution in [0.25, 0.3) is 0 Å². The molecule has 17 heavy (non-hydrogen) atoms. The van der Waals surface area contributed by atoms with Crippen molar-refractivity contribution >= 4 is 12.6 Å². The van der Waals surface area contributed by atoms with E-state index >= 15 is 0 Å². The van der Waals surface area contributed by atoms with Crippen LogP contribution in [0.5, 0.6) is 0 Å². The molecule has 0 amide bonds. The van der Waals surface area contributed by atoms with Gasteiger partial charge in [0.25, 0.3) is 0 Å². The number of benzene rings is 1. The lowest BCUT2D eigenvalue weighted by atomic mass is 10.2. The summed E-state index contributed by atoms with van der Waals surface area (Å²) in [6, 6.07) is 3.40. The van der Waals surface area contributed by atoms with Gasteiger partial charge < -0.3 is 10.4 Å². The van der Waals surface area contributed by atoms with Crippen LogP contribution in [0.3, 0.4) is 0 Å². The fourth-order valence-electron chi connectivity index (χ4n) is 1.14. The maximum Gasteiger partial charge on any atom is 0.166 e. The Kier molecular flexibility index (Phi) is 4.47. The van der Waals surface area contributed by atoms with E-state index in [-0.39, 0.29) is 17.2 Å². The minimum Gasteiger partial charge on any atom is -0.377 e. The van der Waals surface area contributed by atoms with Gasteiger partial charge in [0.1, 0.15) is 24.2 Å². The van der Waals surface area contributed by atoms with E-state index in [1.807, 2.05) is 0 Å². The molecular formula is C11H11F2N3O. The zero-order valence-electron chi connectivity index (χ0n) is 8.95. The molecule has 0 unspecified atom stereocenters. The zero-order valence-corrected chi connectivity index (χ0v) is 8.95. The van der Waals surface area contributed by atoms with Crippen LogP contribution in [0, 0.1) is 11.6 Å². The fourth-order valence-corrected chi connectivity index (χ4v) is 1.14. The largest absolute Gasteiger partial charge is 0.377 e. The van der Waals surface area contributed by atoms with Crippen LogP contribution in [-0.2, 0) is 0 Å². The Balaban J connectivity index is 3.18. The zero-order chi connectivity index (χ0) is 12.8. The van der Waals surface area contributed by atoms with E-state index in [0.717, 1.165) is 12.1 Å². The summed E-state index contributed by atoms with van der Waals surface area (Å²) >= 11 is 0. The molecule has 1 aromatic rings. The molecular weight excluding hydrogens is 228 g/mol. The van der Waals surface area contributed by atoms with E-state index in [4.69, 9.17) is 5.11 Å². The molecule has 2 N–H and O–H groups in total. The lowest BCUT2D eigenvalue weighted by Gasteiger charge is -2.06. The van der Waals surface area contributed by atoms with Crippen LogP contribution in [0.15, 0.2) is 40.6 Å². The standard InChI is InChI=1S/C11H11F2N3O/c1-7(15-6-17)16-11(14-2)10-8(12)4-3-5-9(10)13/h3-5,15,17H,1-2,6H2/b16-11-. The van der Waals surface area contributed by atoms with Gasteiger partial charge in [-0.1, -0.05) is 12.6 Å². The van der Waals surface area contributed by atoms with Crippen molar-refractivity contribution in [3.63, 3.8) is 0 Å². The number of nitrogens with one attached hydrogen (secondary N) is 1. The van der Waals surface area contributed by atoms with Crippen molar-refractivity contribution in [1.82, 2.24) is 5.32 Å². The highest BCUT2D eigenvalue weighted by molar-refractivity contribution is 6.02. The van der Waals surface area contributed by atoms with Gasteiger partial charge in [0.05, 0.1) is 5.56 Å². The van der Waals surface area contributed by atoms with Crippen molar-refractivity contribution in [3.8, 4) is 0 Å². The Labute approximate surface area is 97.0 Å². The quantitative estimate of drug-likeness (QED) is 0.474. The van der Waals surface area contributed by atoms with Crippen molar-refractivity contribution in [2.75, 3.05) is 6.73 Å². The van der Waals surface area contributed by atoms with Gasteiger partial charge in [-0.15, -0.1) is 0 Å². The molecule has 0 saturated carbocycles. The molecule has 0 aliphatic heterocycles. The maximum atomic E-state index is 13.4. The van der Waals surface area contributed by atoms with E-state index in [2.05, 4.69) is 28.6 Å². The van der Waals surface area contributed by atoms with E-state index in [1.165, 1.54) is 6.07 Å². The van der Waals surface area contributed by atoms with Gasteiger partial charge in [0.2, 0.25) is 0 Å². The molecule has 0 aliphatic rings. The summed E-state index contributed by atoms with van der Waals surface area (Å²) in [6.45, 7) is 6.22. The van der Waals surface area contributed by atoms with E-state index < -0.39 is 18.4 Å². The highest BCUT2D eigenvalue weighted by atomic mass is 19.1. The number of hydrogen-bond donors (Lipinski definition) is 2. The molecule has 0 spiro atoms. The third-order valence-electron chi connectivity index (χ3n) is 1.86. The predicted octanol–water partition coefficient (Wildman–Crippen LogP) is 1.42. The molecule has 1 aromatic carbocycles. The smallest absolute Gasteiger partial charge is 0.166 e. The molecule has 0 bridgehead atoms. The molecule has 4 nitrogen and oxygen atoms in total. The van der Waals surface area contributed by atoms with Gasteiger partial charge >= 0.3 is 0 Å². The van der Waals surface area contributed by atoms with Crippen molar-refractivity contribution in [2.45, 2.75) is 0 Å². The summed E-state index contributed by atoms with van der Waals surface area (Å²) in [6.07, 6.45) is 0. The van der Waals surface area contributed by atoms with Crippen molar-refractivity contribution in [3.05, 3.63) is 47.8 Å². The number of halogens is 2. The van der Waals surface area contributed by atoms with E-state index in [9.17, 15) is 8.78 Å². The number of nitrogens with zero attached hydrogens (tertiary/aromatic N) is 2. The topological polar surface area (TPSA) is 57.0 Å². The molecule has 6 heteroatoms. The highest BCUT2D eigenvalue weighted by Gasteiger charge is 2.14. The SMILES string of the molecule is C=N/C(=N\C(=C)NCO)c1c(F)cccc1F.